The van der Waals surface area contributed by atoms with Crippen molar-refractivity contribution in [3.63, 3.8) is 0 Å². The van der Waals surface area contributed by atoms with E-state index >= 15 is 0 Å². The van der Waals surface area contributed by atoms with Gasteiger partial charge in [0.15, 0.2) is 0 Å². The van der Waals surface area contributed by atoms with Gasteiger partial charge in [0.05, 0.1) is 17.6 Å². The van der Waals surface area contributed by atoms with Crippen molar-refractivity contribution in [2.75, 3.05) is 4.90 Å². The fraction of sp³-hybridized carbons (Fsp3) is 0.500. The SMILES string of the molecule is CC(O)C(C)N1C(=O)C(C)(C)c2ccccc21. The summed E-state index contributed by atoms with van der Waals surface area (Å²) in [4.78, 5) is 14.2. The van der Waals surface area contributed by atoms with Gasteiger partial charge in [0, 0.05) is 5.69 Å². The first-order valence-corrected chi connectivity index (χ1v) is 5.98. The summed E-state index contributed by atoms with van der Waals surface area (Å²) in [7, 11) is 0. The van der Waals surface area contributed by atoms with Crippen LogP contribution in [-0.2, 0) is 10.2 Å². The summed E-state index contributed by atoms with van der Waals surface area (Å²) in [5, 5.41) is 9.70. The molecule has 1 N–H and O–H groups in total. The van der Waals surface area contributed by atoms with Crippen molar-refractivity contribution in [2.24, 2.45) is 0 Å². The van der Waals surface area contributed by atoms with E-state index in [0.29, 0.717) is 0 Å². The maximum absolute atomic E-state index is 12.4. The number of aliphatic hydroxyl groups is 1. The van der Waals surface area contributed by atoms with Crippen LogP contribution in [0.1, 0.15) is 33.3 Å². The molecule has 2 atom stereocenters. The summed E-state index contributed by atoms with van der Waals surface area (Å²) in [6.07, 6.45) is -0.541. The number of rotatable bonds is 2. The van der Waals surface area contributed by atoms with Crippen molar-refractivity contribution in [3.05, 3.63) is 29.8 Å². The lowest BCUT2D eigenvalue weighted by molar-refractivity contribution is -0.122. The summed E-state index contributed by atoms with van der Waals surface area (Å²) in [5.74, 6) is 0.0621. The number of hydrogen-bond donors (Lipinski definition) is 1. The van der Waals surface area contributed by atoms with Gasteiger partial charge >= 0.3 is 0 Å². The van der Waals surface area contributed by atoms with Crippen molar-refractivity contribution in [3.8, 4) is 0 Å². The lowest BCUT2D eigenvalue weighted by Crippen LogP contribution is -2.46. The zero-order chi connectivity index (χ0) is 12.8. The van der Waals surface area contributed by atoms with Crippen LogP contribution in [0.2, 0.25) is 0 Å². The molecule has 0 fully saturated rings. The third-order valence-electron chi connectivity index (χ3n) is 3.70. The molecule has 0 aromatic heterocycles. The van der Waals surface area contributed by atoms with Gasteiger partial charge in [-0.25, -0.2) is 0 Å². The average molecular weight is 233 g/mol. The number of anilines is 1. The Kier molecular flexibility index (Phi) is 2.74. The molecule has 3 heteroatoms. The number of fused-ring (bicyclic) bond motifs is 1. The number of nitrogens with zero attached hydrogens (tertiary/aromatic N) is 1. The molecule has 2 unspecified atom stereocenters. The van der Waals surface area contributed by atoms with Gasteiger partial charge in [0.25, 0.3) is 0 Å². The van der Waals surface area contributed by atoms with Crippen molar-refractivity contribution in [1.82, 2.24) is 0 Å². The predicted molar refractivity (Wildman–Crippen MR) is 68.1 cm³/mol. The van der Waals surface area contributed by atoms with Crippen LogP contribution in [0.15, 0.2) is 24.3 Å². The molecule has 1 aromatic carbocycles. The Morgan fingerprint density at radius 3 is 2.41 bits per heavy atom. The van der Waals surface area contributed by atoms with Crippen LogP contribution >= 0.6 is 0 Å². The largest absolute Gasteiger partial charge is 0.391 e. The van der Waals surface area contributed by atoms with Crippen molar-refractivity contribution in [1.29, 1.82) is 0 Å². The van der Waals surface area contributed by atoms with Gasteiger partial charge < -0.3 is 10.0 Å². The molecule has 1 amide bonds. The predicted octanol–water partition coefficient (Wildman–Crippen LogP) is 2.08. The van der Waals surface area contributed by atoms with E-state index in [0.717, 1.165) is 11.3 Å². The first-order chi connectivity index (χ1) is 7.87. The number of hydrogen-bond acceptors (Lipinski definition) is 2. The number of benzene rings is 1. The summed E-state index contributed by atoms with van der Waals surface area (Å²) in [6, 6.07) is 7.60. The molecule has 0 bridgehead atoms. The van der Waals surface area contributed by atoms with E-state index < -0.39 is 11.5 Å². The maximum Gasteiger partial charge on any atom is 0.237 e. The monoisotopic (exact) mass is 233 g/mol. The van der Waals surface area contributed by atoms with E-state index in [1.54, 1.807) is 11.8 Å². The molecular formula is C14H19NO2. The molecule has 1 aliphatic heterocycles. The van der Waals surface area contributed by atoms with Crippen LogP contribution in [0.4, 0.5) is 5.69 Å². The zero-order valence-electron chi connectivity index (χ0n) is 10.8. The molecule has 92 valence electrons. The van der Waals surface area contributed by atoms with Crippen molar-refractivity contribution >= 4 is 11.6 Å². The summed E-state index contributed by atoms with van der Waals surface area (Å²) in [5.41, 5.74) is 1.47. The molecule has 0 radical (unpaired) electrons. The van der Waals surface area contributed by atoms with Crippen LogP contribution in [0.3, 0.4) is 0 Å². The van der Waals surface area contributed by atoms with E-state index in [1.807, 2.05) is 45.0 Å². The molecular weight excluding hydrogens is 214 g/mol. The highest BCUT2D eigenvalue weighted by molar-refractivity contribution is 6.08. The molecule has 1 aliphatic rings. The smallest absolute Gasteiger partial charge is 0.237 e. The highest BCUT2D eigenvalue weighted by Crippen LogP contribution is 2.42. The first-order valence-electron chi connectivity index (χ1n) is 5.98. The highest BCUT2D eigenvalue weighted by atomic mass is 16.3. The third kappa shape index (κ3) is 1.65. The lowest BCUT2D eigenvalue weighted by atomic mass is 9.86. The highest BCUT2D eigenvalue weighted by Gasteiger charge is 2.45. The minimum Gasteiger partial charge on any atom is -0.391 e. The Labute approximate surface area is 102 Å². The molecule has 0 saturated heterocycles. The second-order valence-electron chi connectivity index (χ2n) is 5.30. The molecule has 0 spiro atoms. The van der Waals surface area contributed by atoms with E-state index in [2.05, 4.69) is 0 Å². The fourth-order valence-electron chi connectivity index (χ4n) is 2.36. The minimum absolute atomic E-state index is 0.0621. The molecule has 3 nitrogen and oxygen atoms in total. The van der Waals surface area contributed by atoms with Crippen LogP contribution < -0.4 is 4.90 Å². The van der Waals surface area contributed by atoms with Gasteiger partial charge in [-0.3, -0.25) is 4.79 Å². The number of para-hydroxylation sites is 1. The summed E-state index contributed by atoms with van der Waals surface area (Å²) < 4.78 is 0. The summed E-state index contributed by atoms with van der Waals surface area (Å²) >= 11 is 0. The van der Waals surface area contributed by atoms with Gasteiger partial charge in [-0.2, -0.15) is 0 Å². The molecule has 17 heavy (non-hydrogen) atoms. The normalized spacial score (nSPS) is 21.2. The second-order valence-corrected chi connectivity index (χ2v) is 5.30. The summed E-state index contributed by atoms with van der Waals surface area (Å²) in [6.45, 7) is 7.46. The minimum atomic E-state index is -0.541. The number of carbonyl (C=O) groups is 1. The molecule has 2 rings (SSSR count). The number of carbonyl (C=O) groups excluding carboxylic acids is 1. The second kappa shape index (κ2) is 3.84. The zero-order valence-corrected chi connectivity index (χ0v) is 10.8. The third-order valence-corrected chi connectivity index (χ3v) is 3.70. The molecule has 0 saturated carbocycles. The van der Waals surface area contributed by atoms with Gasteiger partial charge in [-0.1, -0.05) is 18.2 Å². The quantitative estimate of drug-likeness (QED) is 0.849. The van der Waals surface area contributed by atoms with Gasteiger partial charge in [-0.15, -0.1) is 0 Å². The first kappa shape index (κ1) is 12.1. The van der Waals surface area contributed by atoms with Crippen molar-refractivity contribution < 1.29 is 9.90 Å². The molecule has 1 heterocycles. The number of amides is 1. The Hall–Kier alpha value is -1.35. The Morgan fingerprint density at radius 2 is 1.82 bits per heavy atom. The van der Waals surface area contributed by atoms with Gasteiger partial charge in [0.2, 0.25) is 5.91 Å². The van der Waals surface area contributed by atoms with E-state index in [-0.39, 0.29) is 11.9 Å². The Bertz CT molecular complexity index is 451. The molecule has 0 aliphatic carbocycles. The van der Waals surface area contributed by atoms with Crippen molar-refractivity contribution in [2.45, 2.75) is 45.3 Å². The topological polar surface area (TPSA) is 40.5 Å². The van der Waals surface area contributed by atoms with E-state index in [4.69, 9.17) is 0 Å². The number of aliphatic hydroxyl groups excluding tert-OH is 1. The van der Waals surface area contributed by atoms with Crippen LogP contribution in [0, 0.1) is 0 Å². The standard InChI is InChI=1S/C14H19NO2/c1-9(10(2)16)15-12-8-6-5-7-11(12)14(3,4)13(15)17/h5-10,16H,1-4H3. The Balaban J connectivity index is 2.54. The molecule has 1 aromatic rings. The lowest BCUT2D eigenvalue weighted by Gasteiger charge is -2.29. The van der Waals surface area contributed by atoms with Gasteiger partial charge in [0.1, 0.15) is 0 Å². The van der Waals surface area contributed by atoms with Crippen LogP contribution in [-0.4, -0.2) is 23.2 Å². The fourth-order valence-corrected chi connectivity index (χ4v) is 2.36. The maximum atomic E-state index is 12.4. The van der Waals surface area contributed by atoms with E-state index in [1.165, 1.54) is 0 Å². The van der Waals surface area contributed by atoms with Crippen LogP contribution in [0.5, 0.6) is 0 Å². The van der Waals surface area contributed by atoms with E-state index in [9.17, 15) is 9.90 Å². The van der Waals surface area contributed by atoms with Gasteiger partial charge in [-0.05, 0) is 39.3 Å². The average Bonchev–Trinajstić information content (AvgIpc) is 2.48. The van der Waals surface area contributed by atoms with Crippen LogP contribution in [0.25, 0.3) is 0 Å². The Morgan fingerprint density at radius 1 is 1.24 bits per heavy atom.